The summed E-state index contributed by atoms with van der Waals surface area (Å²) in [6, 6.07) is 7.98. The Balaban J connectivity index is 3.24. The van der Waals surface area contributed by atoms with Gasteiger partial charge in [0.15, 0.2) is 0 Å². The first-order chi connectivity index (χ1) is 8.33. The molecule has 0 heterocycles. The number of halogens is 1. The number of rotatable bonds is 4. The van der Waals surface area contributed by atoms with Gasteiger partial charge in [-0.05, 0) is 45.6 Å². The highest BCUT2D eigenvalue weighted by atomic mass is 35.5. The zero-order valence-electron chi connectivity index (χ0n) is 11.5. The molecule has 0 aromatic heterocycles. The average Bonchev–Trinajstić information content (AvgIpc) is 2.28. The standard InChI is InChI=1S/C14H19ClN2O/c1-14(2,9-16)13(17(3)4)10-6-7-12(18-5)11(15)8-10/h6-8,13H,1-5H3. The SMILES string of the molecule is COc1ccc(C(N(C)C)C(C)(C)C#N)cc1Cl. The zero-order valence-corrected chi connectivity index (χ0v) is 12.2. The minimum atomic E-state index is -0.499. The van der Waals surface area contributed by atoms with Crippen molar-refractivity contribution in [1.82, 2.24) is 4.90 Å². The Bertz CT molecular complexity index is 463. The van der Waals surface area contributed by atoms with Crippen LogP contribution in [0.15, 0.2) is 18.2 Å². The predicted molar refractivity (Wildman–Crippen MR) is 73.8 cm³/mol. The third kappa shape index (κ3) is 2.95. The van der Waals surface area contributed by atoms with Crippen LogP contribution in [-0.4, -0.2) is 26.1 Å². The average molecular weight is 267 g/mol. The molecule has 0 aliphatic rings. The van der Waals surface area contributed by atoms with E-state index in [9.17, 15) is 5.26 Å². The highest BCUT2D eigenvalue weighted by molar-refractivity contribution is 6.32. The Morgan fingerprint density at radius 2 is 2.00 bits per heavy atom. The van der Waals surface area contributed by atoms with Crippen molar-refractivity contribution in [3.05, 3.63) is 28.8 Å². The van der Waals surface area contributed by atoms with E-state index in [2.05, 4.69) is 6.07 Å². The molecular weight excluding hydrogens is 248 g/mol. The van der Waals surface area contributed by atoms with Crippen LogP contribution >= 0.6 is 11.6 Å². The van der Waals surface area contributed by atoms with Crippen LogP contribution in [0.4, 0.5) is 0 Å². The Kier molecular flexibility index (Phi) is 4.61. The highest BCUT2D eigenvalue weighted by Gasteiger charge is 2.32. The molecule has 18 heavy (non-hydrogen) atoms. The van der Waals surface area contributed by atoms with E-state index < -0.39 is 5.41 Å². The molecule has 1 aromatic carbocycles. The molecule has 0 spiro atoms. The first-order valence-corrected chi connectivity index (χ1v) is 6.12. The fraction of sp³-hybridized carbons (Fsp3) is 0.500. The Hall–Kier alpha value is -1.24. The summed E-state index contributed by atoms with van der Waals surface area (Å²) in [5.41, 5.74) is 0.513. The number of hydrogen-bond donors (Lipinski definition) is 0. The fourth-order valence-electron chi connectivity index (χ4n) is 2.27. The van der Waals surface area contributed by atoms with Crippen LogP contribution in [0, 0.1) is 16.7 Å². The van der Waals surface area contributed by atoms with Gasteiger partial charge in [-0.15, -0.1) is 0 Å². The first-order valence-electron chi connectivity index (χ1n) is 5.74. The smallest absolute Gasteiger partial charge is 0.137 e. The van der Waals surface area contributed by atoms with Crippen LogP contribution in [0.2, 0.25) is 5.02 Å². The highest BCUT2D eigenvalue weighted by Crippen LogP contribution is 2.38. The van der Waals surface area contributed by atoms with Crippen molar-refractivity contribution in [2.45, 2.75) is 19.9 Å². The van der Waals surface area contributed by atoms with Gasteiger partial charge in [-0.3, -0.25) is 0 Å². The number of benzene rings is 1. The van der Waals surface area contributed by atoms with Crippen molar-refractivity contribution in [2.24, 2.45) is 5.41 Å². The van der Waals surface area contributed by atoms with Crippen LogP contribution in [0.1, 0.15) is 25.5 Å². The minimum Gasteiger partial charge on any atom is -0.495 e. The Morgan fingerprint density at radius 3 is 2.39 bits per heavy atom. The zero-order chi connectivity index (χ0) is 13.9. The lowest BCUT2D eigenvalue weighted by Crippen LogP contribution is -2.32. The van der Waals surface area contributed by atoms with Crippen molar-refractivity contribution in [2.75, 3.05) is 21.2 Å². The number of methoxy groups -OCH3 is 1. The molecular formula is C14H19ClN2O. The minimum absolute atomic E-state index is 0.0223. The summed E-state index contributed by atoms with van der Waals surface area (Å²) in [6.45, 7) is 3.85. The van der Waals surface area contributed by atoms with E-state index in [1.165, 1.54) is 0 Å². The second kappa shape index (κ2) is 5.60. The molecule has 0 saturated carbocycles. The number of nitriles is 1. The molecule has 1 aromatic rings. The van der Waals surface area contributed by atoms with Crippen LogP contribution < -0.4 is 4.74 Å². The quantitative estimate of drug-likeness (QED) is 0.837. The van der Waals surface area contributed by atoms with Crippen molar-refractivity contribution < 1.29 is 4.74 Å². The van der Waals surface area contributed by atoms with Gasteiger partial charge in [0.1, 0.15) is 5.75 Å². The van der Waals surface area contributed by atoms with Gasteiger partial charge in [-0.2, -0.15) is 5.26 Å². The summed E-state index contributed by atoms with van der Waals surface area (Å²) in [4.78, 5) is 2.03. The summed E-state index contributed by atoms with van der Waals surface area (Å²) in [5, 5.41) is 9.88. The van der Waals surface area contributed by atoms with Crippen LogP contribution in [0.5, 0.6) is 5.75 Å². The molecule has 0 fully saturated rings. The van der Waals surface area contributed by atoms with E-state index >= 15 is 0 Å². The van der Waals surface area contributed by atoms with Crippen molar-refractivity contribution >= 4 is 11.6 Å². The second-order valence-corrected chi connectivity index (χ2v) is 5.50. The lowest BCUT2D eigenvalue weighted by atomic mass is 9.81. The number of hydrogen-bond acceptors (Lipinski definition) is 3. The third-order valence-corrected chi connectivity index (χ3v) is 3.28. The molecule has 98 valence electrons. The molecule has 1 rings (SSSR count). The van der Waals surface area contributed by atoms with Gasteiger partial charge in [-0.25, -0.2) is 0 Å². The van der Waals surface area contributed by atoms with E-state index in [-0.39, 0.29) is 6.04 Å². The molecule has 3 nitrogen and oxygen atoms in total. The van der Waals surface area contributed by atoms with E-state index in [1.807, 2.05) is 51.0 Å². The Labute approximate surface area is 114 Å². The molecule has 0 amide bonds. The third-order valence-electron chi connectivity index (χ3n) is 2.98. The molecule has 1 unspecified atom stereocenters. The molecule has 0 saturated heterocycles. The molecule has 4 heteroatoms. The van der Waals surface area contributed by atoms with Crippen molar-refractivity contribution in [3.8, 4) is 11.8 Å². The molecule has 1 atom stereocenters. The lowest BCUT2D eigenvalue weighted by molar-refractivity contribution is 0.185. The van der Waals surface area contributed by atoms with Gasteiger partial charge in [0, 0.05) is 0 Å². The summed E-state index contributed by atoms with van der Waals surface area (Å²) >= 11 is 6.15. The van der Waals surface area contributed by atoms with E-state index in [0.29, 0.717) is 10.8 Å². The van der Waals surface area contributed by atoms with E-state index in [0.717, 1.165) is 5.56 Å². The van der Waals surface area contributed by atoms with Gasteiger partial charge in [0.2, 0.25) is 0 Å². The maximum absolute atomic E-state index is 9.31. The van der Waals surface area contributed by atoms with Gasteiger partial charge in [-0.1, -0.05) is 17.7 Å². The van der Waals surface area contributed by atoms with Gasteiger partial charge in [0.25, 0.3) is 0 Å². The van der Waals surface area contributed by atoms with Crippen LogP contribution in [-0.2, 0) is 0 Å². The largest absolute Gasteiger partial charge is 0.495 e. The van der Waals surface area contributed by atoms with E-state index in [1.54, 1.807) is 7.11 Å². The summed E-state index contributed by atoms with van der Waals surface area (Å²) in [6.07, 6.45) is 0. The molecule has 0 N–H and O–H groups in total. The predicted octanol–water partition coefficient (Wildman–Crippen LogP) is 3.50. The molecule has 0 bridgehead atoms. The number of ether oxygens (including phenoxy) is 1. The normalized spacial score (nSPS) is 13.2. The van der Waals surface area contributed by atoms with E-state index in [4.69, 9.17) is 16.3 Å². The second-order valence-electron chi connectivity index (χ2n) is 5.09. The summed E-state index contributed by atoms with van der Waals surface area (Å²) < 4.78 is 5.14. The number of nitrogens with zero attached hydrogens (tertiary/aromatic N) is 2. The monoisotopic (exact) mass is 266 g/mol. The lowest BCUT2D eigenvalue weighted by Gasteiger charge is -2.34. The van der Waals surface area contributed by atoms with Gasteiger partial charge in [0.05, 0.1) is 29.7 Å². The fourth-order valence-corrected chi connectivity index (χ4v) is 2.54. The first kappa shape index (κ1) is 14.8. The molecule has 0 aliphatic carbocycles. The maximum Gasteiger partial charge on any atom is 0.137 e. The van der Waals surface area contributed by atoms with Crippen molar-refractivity contribution in [1.29, 1.82) is 5.26 Å². The summed E-state index contributed by atoms with van der Waals surface area (Å²) in [7, 11) is 5.51. The Morgan fingerprint density at radius 1 is 1.39 bits per heavy atom. The molecule has 0 aliphatic heterocycles. The van der Waals surface area contributed by atoms with Crippen LogP contribution in [0.3, 0.4) is 0 Å². The topological polar surface area (TPSA) is 36.3 Å². The maximum atomic E-state index is 9.31. The summed E-state index contributed by atoms with van der Waals surface area (Å²) in [5.74, 6) is 0.646. The molecule has 0 radical (unpaired) electrons. The van der Waals surface area contributed by atoms with Gasteiger partial charge >= 0.3 is 0 Å². The van der Waals surface area contributed by atoms with Crippen molar-refractivity contribution in [3.63, 3.8) is 0 Å². The van der Waals surface area contributed by atoms with Gasteiger partial charge < -0.3 is 9.64 Å². The van der Waals surface area contributed by atoms with Crippen LogP contribution in [0.25, 0.3) is 0 Å².